The third-order valence-corrected chi connectivity index (χ3v) is 5.66. The number of sulfonamides is 1. The van der Waals surface area contributed by atoms with Crippen molar-refractivity contribution in [1.29, 1.82) is 0 Å². The molecular weight excluding hydrogens is 292 g/mol. The molecule has 0 aromatic heterocycles. The summed E-state index contributed by atoms with van der Waals surface area (Å²) in [5.41, 5.74) is 6.56. The van der Waals surface area contributed by atoms with E-state index in [0.29, 0.717) is 23.5 Å². The average molecular weight is 312 g/mol. The Kier molecular flexibility index (Phi) is 3.81. The van der Waals surface area contributed by atoms with Gasteiger partial charge in [0.1, 0.15) is 0 Å². The van der Waals surface area contributed by atoms with Gasteiger partial charge in [-0.3, -0.25) is 0 Å². The van der Waals surface area contributed by atoms with Crippen LogP contribution in [0, 0.1) is 6.92 Å². The molecule has 3 N–H and O–H groups in total. The van der Waals surface area contributed by atoms with E-state index in [1.165, 1.54) is 6.07 Å². The number of rotatable bonds is 3. The van der Waals surface area contributed by atoms with Crippen LogP contribution in [0.5, 0.6) is 11.5 Å². The first-order valence-electron chi connectivity index (χ1n) is 7.14. The maximum atomic E-state index is 12.6. The lowest BCUT2D eigenvalue weighted by molar-refractivity contribution is 0.174. The minimum absolute atomic E-state index is 0.0734. The van der Waals surface area contributed by atoms with Crippen LogP contribution in [-0.4, -0.2) is 27.3 Å². The topological polar surface area (TPSA) is 90.7 Å². The number of fused-ring (bicyclic) bond motifs is 1. The first-order valence-corrected chi connectivity index (χ1v) is 8.62. The fourth-order valence-corrected chi connectivity index (χ4v) is 4.46. The third kappa shape index (κ3) is 3.00. The second-order valence-corrected chi connectivity index (χ2v) is 7.40. The molecule has 7 heteroatoms. The van der Waals surface area contributed by atoms with Gasteiger partial charge < -0.3 is 15.2 Å². The zero-order valence-corrected chi connectivity index (χ0v) is 12.8. The molecular formula is C14H20N2O4S. The van der Waals surface area contributed by atoms with Gasteiger partial charge in [0.25, 0.3) is 0 Å². The van der Waals surface area contributed by atoms with Gasteiger partial charge in [-0.15, -0.1) is 0 Å². The van der Waals surface area contributed by atoms with Gasteiger partial charge in [-0.2, -0.15) is 0 Å². The molecule has 1 heterocycles. The van der Waals surface area contributed by atoms with Crippen LogP contribution in [0.4, 0.5) is 0 Å². The summed E-state index contributed by atoms with van der Waals surface area (Å²) in [6.45, 7) is 1.88. The molecule has 2 atom stereocenters. The summed E-state index contributed by atoms with van der Waals surface area (Å²) >= 11 is 0. The second kappa shape index (κ2) is 5.47. The summed E-state index contributed by atoms with van der Waals surface area (Å²) in [7, 11) is -3.58. The van der Waals surface area contributed by atoms with Crippen LogP contribution in [0.15, 0.2) is 17.0 Å². The Morgan fingerprint density at radius 1 is 1.24 bits per heavy atom. The monoisotopic (exact) mass is 312 g/mol. The molecule has 0 bridgehead atoms. The van der Waals surface area contributed by atoms with Crippen molar-refractivity contribution in [3.05, 3.63) is 17.7 Å². The van der Waals surface area contributed by atoms with Crippen LogP contribution in [0.3, 0.4) is 0 Å². The van der Waals surface area contributed by atoms with Crippen LogP contribution in [0.25, 0.3) is 0 Å². The molecule has 1 fully saturated rings. The summed E-state index contributed by atoms with van der Waals surface area (Å²) in [5.74, 6) is 1.06. The minimum Gasteiger partial charge on any atom is -0.454 e. The van der Waals surface area contributed by atoms with E-state index in [4.69, 9.17) is 15.2 Å². The average Bonchev–Trinajstić information content (AvgIpc) is 2.84. The van der Waals surface area contributed by atoms with Crippen molar-refractivity contribution in [2.45, 2.75) is 49.6 Å². The Hall–Kier alpha value is -1.31. The number of benzene rings is 1. The summed E-state index contributed by atoms with van der Waals surface area (Å²) in [6.07, 6.45) is 3.43. The second-order valence-electron chi connectivity index (χ2n) is 5.72. The highest BCUT2D eigenvalue weighted by molar-refractivity contribution is 7.89. The Labute approximate surface area is 124 Å². The molecule has 1 aliphatic heterocycles. The van der Waals surface area contributed by atoms with Crippen LogP contribution >= 0.6 is 0 Å². The molecule has 0 amide bonds. The van der Waals surface area contributed by atoms with Crippen molar-refractivity contribution in [1.82, 2.24) is 4.72 Å². The van der Waals surface area contributed by atoms with E-state index in [2.05, 4.69) is 4.72 Å². The third-order valence-electron chi connectivity index (χ3n) is 4.00. The predicted octanol–water partition coefficient (Wildman–Crippen LogP) is 1.27. The highest BCUT2D eigenvalue weighted by atomic mass is 32.2. The number of nitrogens with two attached hydrogens (primary N) is 1. The Morgan fingerprint density at radius 3 is 2.67 bits per heavy atom. The summed E-state index contributed by atoms with van der Waals surface area (Å²) in [5, 5.41) is 0. The molecule has 1 aromatic carbocycles. The number of hydrogen-bond donors (Lipinski definition) is 2. The molecule has 2 unspecified atom stereocenters. The molecule has 0 saturated heterocycles. The SMILES string of the molecule is Cc1cc2c(cc1S(=O)(=O)NC1CCCC(N)C1)OCO2. The molecule has 3 rings (SSSR count). The van der Waals surface area contributed by atoms with Crippen LogP contribution in [0.2, 0.25) is 0 Å². The largest absolute Gasteiger partial charge is 0.454 e. The van der Waals surface area contributed by atoms with Crippen LogP contribution in [0.1, 0.15) is 31.2 Å². The summed E-state index contributed by atoms with van der Waals surface area (Å²) < 4.78 is 38.4. The summed E-state index contributed by atoms with van der Waals surface area (Å²) in [6, 6.07) is 3.21. The molecule has 1 aliphatic carbocycles. The lowest BCUT2D eigenvalue weighted by atomic mass is 9.92. The van der Waals surface area contributed by atoms with Crippen molar-refractivity contribution in [3.63, 3.8) is 0 Å². The first-order chi connectivity index (χ1) is 9.95. The van der Waals surface area contributed by atoms with E-state index in [-0.39, 0.29) is 23.8 Å². The van der Waals surface area contributed by atoms with Crippen molar-refractivity contribution >= 4 is 10.0 Å². The van der Waals surface area contributed by atoms with Gasteiger partial charge in [0.05, 0.1) is 4.90 Å². The Morgan fingerprint density at radius 2 is 1.95 bits per heavy atom. The van der Waals surface area contributed by atoms with Gasteiger partial charge >= 0.3 is 0 Å². The molecule has 21 heavy (non-hydrogen) atoms. The maximum absolute atomic E-state index is 12.6. The van der Waals surface area contributed by atoms with E-state index < -0.39 is 10.0 Å². The van der Waals surface area contributed by atoms with Crippen LogP contribution < -0.4 is 19.9 Å². The normalized spacial score (nSPS) is 25.0. The van der Waals surface area contributed by atoms with Gasteiger partial charge in [-0.05, 0) is 37.8 Å². The lowest BCUT2D eigenvalue weighted by Crippen LogP contribution is -2.42. The standard InChI is InChI=1S/C14H20N2O4S/c1-9-5-12-13(20-8-19-12)7-14(9)21(17,18)16-11-4-2-3-10(15)6-11/h5,7,10-11,16H,2-4,6,8,15H2,1H3. The molecule has 1 saturated carbocycles. The number of hydrogen-bond acceptors (Lipinski definition) is 5. The zero-order chi connectivity index (χ0) is 15.0. The van der Waals surface area contributed by atoms with E-state index in [1.54, 1.807) is 13.0 Å². The van der Waals surface area contributed by atoms with E-state index in [0.717, 1.165) is 19.3 Å². The van der Waals surface area contributed by atoms with Gasteiger partial charge in [0, 0.05) is 18.2 Å². The Bertz CT molecular complexity index is 645. The smallest absolute Gasteiger partial charge is 0.241 e. The number of nitrogens with one attached hydrogen (secondary N) is 1. The van der Waals surface area contributed by atoms with Gasteiger partial charge in [0.2, 0.25) is 16.8 Å². The molecule has 2 aliphatic rings. The highest BCUT2D eigenvalue weighted by Gasteiger charge is 2.28. The number of ether oxygens (including phenoxy) is 2. The maximum Gasteiger partial charge on any atom is 0.241 e. The fraction of sp³-hybridized carbons (Fsp3) is 0.571. The van der Waals surface area contributed by atoms with Crippen molar-refractivity contribution in [2.24, 2.45) is 5.73 Å². The van der Waals surface area contributed by atoms with Crippen molar-refractivity contribution < 1.29 is 17.9 Å². The molecule has 0 spiro atoms. The Balaban J connectivity index is 1.85. The van der Waals surface area contributed by atoms with E-state index >= 15 is 0 Å². The van der Waals surface area contributed by atoms with Gasteiger partial charge in [-0.25, -0.2) is 13.1 Å². The molecule has 1 aromatic rings. The summed E-state index contributed by atoms with van der Waals surface area (Å²) in [4.78, 5) is 0.242. The predicted molar refractivity (Wildman–Crippen MR) is 77.9 cm³/mol. The highest BCUT2D eigenvalue weighted by Crippen LogP contribution is 2.36. The lowest BCUT2D eigenvalue weighted by Gasteiger charge is -2.27. The van der Waals surface area contributed by atoms with Crippen molar-refractivity contribution in [2.75, 3.05) is 6.79 Å². The molecule has 116 valence electrons. The van der Waals surface area contributed by atoms with Gasteiger partial charge in [-0.1, -0.05) is 6.42 Å². The number of aryl methyl sites for hydroxylation is 1. The molecule has 0 radical (unpaired) electrons. The first kappa shape index (κ1) is 14.6. The van der Waals surface area contributed by atoms with Crippen molar-refractivity contribution in [3.8, 4) is 11.5 Å². The van der Waals surface area contributed by atoms with Crippen LogP contribution in [-0.2, 0) is 10.0 Å². The fourth-order valence-electron chi connectivity index (χ4n) is 2.93. The van der Waals surface area contributed by atoms with E-state index in [9.17, 15) is 8.42 Å². The quantitative estimate of drug-likeness (QED) is 0.877. The van der Waals surface area contributed by atoms with E-state index in [1.807, 2.05) is 0 Å². The molecule has 6 nitrogen and oxygen atoms in total. The minimum atomic E-state index is -3.58. The zero-order valence-electron chi connectivity index (χ0n) is 12.0. The van der Waals surface area contributed by atoms with Gasteiger partial charge in [0.15, 0.2) is 11.5 Å².